The Morgan fingerprint density at radius 2 is 2.00 bits per heavy atom. The van der Waals surface area contributed by atoms with Crippen molar-refractivity contribution in [3.8, 4) is 5.75 Å². The Bertz CT molecular complexity index is 985. The number of ether oxygens (including phenoxy) is 1. The third-order valence-corrected chi connectivity index (χ3v) is 6.34. The Hall–Kier alpha value is -2.34. The number of hydrogen-bond acceptors (Lipinski definition) is 5. The van der Waals surface area contributed by atoms with Gasteiger partial charge in [0.25, 0.3) is 0 Å². The summed E-state index contributed by atoms with van der Waals surface area (Å²) in [5, 5.41) is 12.8. The molecule has 0 radical (unpaired) electrons. The van der Waals surface area contributed by atoms with E-state index in [1.807, 2.05) is 13.0 Å². The van der Waals surface area contributed by atoms with Crippen LogP contribution in [0.3, 0.4) is 0 Å². The Morgan fingerprint density at radius 1 is 1.24 bits per heavy atom. The quantitative estimate of drug-likeness (QED) is 0.771. The van der Waals surface area contributed by atoms with Gasteiger partial charge in [0, 0.05) is 18.0 Å². The molecule has 0 saturated heterocycles. The van der Waals surface area contributed by atoms with Crippen molar-refractivity contribution in [1.82, 2.24) is 5.32 Å². The Labute approximate surface area is 170 Å². The summed E-state index contributed by atoms with van der Waals surface area (Å²) in [7, 11) is 0. The molecule has 0 bridgehead atoms. The predicted molar refractivity (Wildman–Crippen MR) is 110 cm³/mol. The minimum absolute atomic E-state index is 0.0594. The van der Waals surface area contributed by atoms with E-state index in [0.29, 0.717) is 11.1 Å². The number of aliphatic hydroxyl groups is 1. The third-order valence-electron chi connectivity index (χ3n) is 6.34. The van der Waals surface area contributed by atoms with Crippen LogP contribution in [0.4, 0.5) is 0 Å². The Balaban J connectivity index is 1.65. The van der Waals surface area contributed by atoms with Gasteiger partial charge in [-0.15, -0.1) is 0 Å². The zero-order valence-electron chi connectivity index (χ0n) is 17.2. The van der Waals surface area contributed by atoms with Gasteiger partial charge in [0.05, 0.1) is 18.1 Å². The van der Waals surface area contributed by atoms with Crippen molar-refractivity contribution in [3.05, 3.63) is 39.2 Å². The van der Waals surface area contributed by atoms with Crippen molar-refractivity contribution in [1.29, 1.82) is 0 Å². The van der Waals surface area contributed by atoms with E-state index < -0.39 is 11.7 Å². The highest BCUT2D eigenvalue weighted by atomic mass is 16.5. The second kappa shape index (κ2) is 7.82. The topological polar surface area (TPSA) is 88.8 Å². The second-order valence-electron chi connectivity index (χ2n) is 8.62. The van der Waals surface area contributed by atoms with Gasteiger partial charge in [0.15, 0.2) is 0 Å². The number of hydrogen-bond donors (Lipinski definition) is 2. The highest BCUT2D eigenvalue weighted by Gasteiger charge is 2.37. The zero-order valence-corrected chi connectivity index (χ0v) is 17.2. The highest BCUT2D eigenvalue weighted by molar-refractivity contribution is 5.86. The molecule has 4 rings (SSSR count). The van der Waals surface area contributed by atoms with Gasteiger partial charge in [-0.05, 0) is 69.6 Å². The molecule has 1 aliphatic heterocycles. The number of fused-ring (bicyclic) bond motifs is 2. The van der Waals surface area contributed by atoms with E-state index in [2.05, 4.69) is 11.4 Å². The van der Waals surface area contributed by atoms with Crippen LogP contribution in [0.15, 0.2) is 21.3 Å². The average molecular weight is 399 g/mol. The fourth-order valence-electron chi connectivity index (χ4n) is 4.64. The van der Waals surface area contributed by atoms with Crippen LogP contribution in [-0.2, 0) is 17.6 Å². The van der Waals surface area contributed by atoms with E-state index in [0.717, 1.165) is 47.9 Å². The molecule has 29 heavy (non-hydrogen) atoms. The first-order valence-electron chi connectivity index (χ1n) is 10.6. The summed E-state index contributed by atoms with van der Waals surface area (Å²) in [6.45, 7) is 3.61. The van der Waals surface area contributed by atoms with Gasteiger partial charge < -0.3 is 19.6 Å². The first-order chi connectivity index (χ1) is 13.9. The van der Waals surface area contributed by atoms with Crippen molar-refractivity contribution in [2.75, 3.05) is 6.54 Å². The van der Waals surface area contributed by atoms with E-state index in [9.17, 15) is 14.7 Å². The zero-order chi connectivity index (χ0) is 20.6. The second-order valence-corrected chi connectivity index (χ2v) is 8.62. The lowest BCUT2D eigenvalue weighted by Crippen LogP contribution is -2.41. The molecule has 1 saturated carbocycles. The molecule has 0 unspecified atom stereocenters. The molecule has 1 atom stereocenters. The van der Waals surface area contributed by atoms with Crippen LogP contribution < -0.4 is 15.7 Å². The van der Waals surface area contributed by atoms with Gasteiger partial charge in [-0.25, -0.2) is 4.79 Å². The van der Waals surface area contributed by atoms with E-state index in [4.69, 9.17) is 9.15 Å². The van der Waals surface area contributed by atoms with Crippen molar-refractivity contribution in [2.24, 2.45) is 0 Å². The molecule has 1 fully saturated rings. The fraction of sp³-hybridized carbons (Fsp3) is 0.565. The van der Waals surface area contributed by atoms with Crippen LogP contribution in [0.2, 0.25) is 0 Å². The summed E-state index contributed by atoms with van der Waals surface area (Å²) in [6.07, 6.45) is 7.15. The van der Waals surface area contributed by atoms with Crippen LogP contribution >= 0.6 is 0 Å². The standard InChI is InChI=1S/C23H29NO5/c1-14(25)13-24-21(26)11-18-15(2)17-10-16-6-9-23(7-4-3-5-8-23)29-19(16)12-20(17)28-22(18)27/h10,12,14,25H,3-9,11,13H2,1-2H3,(H,24,26)/t14-/m1/s1. The molecule has 1 aromatic carbocycles. The largest absolute Gasteiger partial charge is 0.487 e. The number of benzene rings is 1. The molecule has 1 aliphatic carbocycles. The molecule has 6 heteroatoms. The lowest BCUT2D eigenvalue weighted by atomic mass is 9.79. The molecule has 1 amide bonds. The summed E-state index contributed by atoms with van der Waals surface area (Å²) >= 11 is 0. The van der Waals surface area contributed by atoms with Crippen LogP contribution in [0.25, 0.3) is 11.0 Å². The lowest BCUT2D eigenvalue weighted by molar-refractivity contribution is -0.120. The summed E-state index contributed by atoms with van der Waals surface area (Å²) < 4.78 is 12.0. The van der Waals surface area contributed by atoms with E-state index in [1.54, 1.807) is 6.92 Å². The van der Waals surface area contributed by atoms with Crippen LogP contribution in [0.1, 0.15) is 62.1 Å². The van der Waals surface area contributed by atoms with Crippen molar-refractivity contribution in [2.45, 2.75) is 76.9 Å². The van der Waals surface area contributed by atoms with Gasteiger partial charge in [0.2, 0.25) is 5.91 Å². The summed E-state index contributed by atoms with van der Waals surface area (Å²) in [4.78, 5) is 24.7. The molecule has 2 heterocycles. The van der Waals surface area contributed by atoms with Gasteiger partial charge in [-0.2, -0.15) is 0 Å². The molecule has 6 nitrogen and oxygen atoms in total. The number of carbonyl (C=O) groups is 1. The monoisotopic (exact) mass is 399 g/mol. The normalized spacial score (nSPS) is 18.9. The number of aliphatic hydroxyl groups excluding tert-OH is 1. The summed E-state index contributed by atoms with van der Waals surface area (Å²) in [5.74, 6) is 0.525. The molecule has 2 N–H and O–H groups in total. The average Bonchev–Trinajstić information content (AvgIpc) is 2.69. The molecular weight excluding hydrogens is 370 g/mol. The van der Waals surface area contributed by atoms with Crippen molar-refractivity contribution in [3.63, 3.8) is 0 Å². The van der Waals surface area contributed by atoms with Gasteiger partial charge >= 0.3 is 5.63 Å². The summed E-state index contributed by atoms with van der Waals surface area (Å²) in [5.41, 5.74) is 2.22. The molecule has 1 aromatic heterocycles. The predicted octanol–water partition coefficient (Wildman–Crippen LogP) is 3.17. The van der Waals surface area contributed by atoms with Crippen molar-refractivity contribution >= 4 is 16.9 Å². The maximum Gasteiger partial charge on any atom is 0.340 e. The van der Waals surface area contributed by atoms with E-state index in [-0.39, 0.29) is 24.5 Å². The van der Waals surface area contributed by atoms with Gasteiger partial charge in [-0.1, -0.05) is 6.42 Å². The lowest BCUT2D eigenvalue weighted by Gasteiger charge is -2.41. The Morgan fingerprint density at radius 3 is 2.72 bits per heavy atom. The number of aryl methyl sites for hydroxylation is 2. The molecular formula is C23H29NO5. The molecule has 1 spiro atoms. The third kappa shape index (κ3) is 4.04. The first kappa shape index (κ1) is 20.0. The highest BCUT2D eigenvalue weighted by Crippen LogP contribution is 2.43. The molecule has 2 aromatic rings. The van der Waals surface area contributed by atoms with Crippen LogP contribution in [0.5, 0.6) is 5.75 Å². The van der Waals surface area contributed by atoms with Crippen LogP contribution in [-0.4, -0.2) is 29.3 Å². The van der Waals surface area contributed by atoms with Gasteiger partial charge in [0.1, 0.15) is 16.9 Å². The van der Waals surface area contributed by atoms with E-state index in [1.165, 1.54) is 19.3 Å². The SMILES string of the molecule is Cc1c(CC(=O)NC[C@@H](C)O)c(=O)oc2cc3c(cc12)CCC1(CCCCC1)O3. The fourth-order valence-corrected chi connectivity index (χ4v) is 4.64. The van der Waals surface area contributed by atoms with E-state index >= 15 is 0 Å². The summed E-state index contributed by atoms with van der Waals surface area (Å²) in [6, 6.07) is 3.90. The van der Waals surface area contributed by atoms with Crippen molar-refractivity contribution < 1.29 is 19.1 Å². The number of amides is 1. The minimum Gasteiger partial charge on any atom is -0.487 e. The minimum atomic E-state index is -0.632. The van der Waals surface area contributed by atoms with Gasteiger partial charge in [-0.3, -0.25) is 4.79 Å². The smallest absolute Gasteiger partial charge is 0.340 e. The maximum absolute atomic E-state index is 12.6. The maximum atomic E-state index is 12.6. The Kier molecular flexibility index (Phi) is 5.38. The number of carbonyl (C=O) groups excluding carboxylic acids is 1. The van der Waals surface area contributed by atoms with Crippen LogP contribution in [0, 0.1) is 6.92 Å². The molecule has 156 valence electrons. The number of rotatable bonds is 4. The first-order valence-corrected chi connectivity index (χ1v) is 10.6. The molecule has 2 aliphatic rings. The number of nitrogens with one attached hydrogen (secondary N) is 1.